The SMILES string of the molecule is CCNC(=NCc1ccccc1CO)NCc1cccs1. The van der Waals surface area contributed by atoms with Crippen LogP contribution < -0.4 is 10.6 Å². The molecule has 0 spiro atoms. The van der Waals surface area contributed by atoms with Crippen LogP contribution in [0.5, 0.6) is 0 Å². The van der Waals surface area contributed by atoms with E-state index in [1.54, 1.807) is 11.3 Å². The molecule has 1 aromatic heterocycles. The smallest absolute Gasteiger partial charge is 0.191 e. The first-order valence-corrected chi connectivity index (χ1v) is 7.93. The monoisotopic (exact) mass is 303 g/mol. The molecule has 0 bridgehead atoms. The highest BCUT2D eigenvalue weighted by atomic mass is 32.1. The van der Waals surface area contributed by atoms with E-state index in [4.69, 9.17) is 0 Å². The number of nitrogens with one attached hydrogen (secondary N) is 2. The molecule has 0 amide bonds. The second kappa shape index (κ2) is 8.44. The maximum atomic E-state index is 9.34. The van der Waals surface area contributed by atoms with Gasteiger partial charge in [0.2, 0.25) is 0 Å². The lowest BCUT2D eigenvalue weighted by molar-refractivity contribution is 0.280. The summed E-state index contributed by atoms with van der Waals surface area (Å²) >= 11 is 1.73. The summed E-state index contributed by atoms with van der Waals surface area (Å²) in [7, 11) is 0. The van der Waals surface area contributed by atoms with Gasteiger partial charge in [-0.15, -0.1) is 11.3 Å². The van der Waals surface area contributed by atoms with Crippen molar-refractivity contribution in [3.05, 3.63) is 57.8 Å². The van der Waals surface area contributed by atoms with Crippen molar-refractivity contribution >= 4 is 17.3 Å². The van der Waals surface area contributed by atoms with Gasteiger partial charge in [-0.25, -0.2) is 4.99 Å². The Hall–Kier alpha value is -1.85. The molecule has 112 valence electrons. The number of rotatable bonds is 6. The molecule has 21 heavy (non-hydrogen) atoms. The zero-order valence-electron chi connectivity index (χ0n) is 12.2. The van der Waals surface area contributed by atoms with E-state index < -0.39 is 0 Å². The summed E-state index contributed by atoms with van der Waals surface area (Å²) in [6.07, 6.45) is 0. The number of aliphatic hydroxyl groups is 1. The molecular weight excluding hydrogens is 282 g/mol. The quantitative estimate of drug-likeness (QED) is 0.568. The van der Waals surface area contributed by atoms with Crippen LogP contribution >= 0.6 is 11.3 Å². The Morgan fingerprint density at radius 2 is 1.95 bits per heavy atom. The Bertz CT molecular complexity index is 567. The van der Waals surface area contributed by atoms with Crippen molar-refractivity contribution in [2.24, 2.45) is 4.99 Å². The third kappa shape index (κ3) is 4.88. The molecule has 0 fully saturated rings. The van der Waals surface area contributed by atoms with E-state index in [1.807, 2.05) is 37.3 Å². The number of benzene rings is 1. The van der Waals surface area contributed by atoms with Crippen LogP contribution in [0.15, 0.2) is 46.8 Å². The lowest BCUT2D eigenvalue weighted by Crippen LogP contribution is -2.36. The fourth-order valence-electron chi connectivity index (χ4n) is 1.96. The van der Waals surface area contributed by atoms with Crippen LogP contribution in [-0.2, 0) is 19.7 Å². The molecule has 0 saturated carbocycles. The minimum Gasteiger partial charge on any atom is -0.392 e. The molecule has 0 aliphatic rings. The van der Waals surface area contributed by atoms with Crippen LogP contribution in [0.1, 0.15) is 22.9 Å². The summed E-state index contributed by atoms with van der Waals surface area (Å²) in [6, 6.07) is 12.0. The summed E-state index contributed by atoms with van der Waals surface area (Å²) in [5, 5.41) is 18.0. The molecule has 4 nitrogen and oxygen atoms in total. The Balaban J connectivity index is 1.99. The molecule has 2 rings (SSSR count). The largest absolute Gasteiger partial charge is 0.392 e. The van der Waals surface area contributed by atoms with Crippen molar-refractivity contribution < 1.29 is 5.11 Å². The molecule has 3 N–H and O–H groups in total. The molecule has 0 radical (unpaired) electrons. The van der Waals surface area contributed by atoms with Gasteiger partial charge >= 0.3 is 0 Å². The van der Waals surface area contributed by atoms with Crippen molar-refractivity contribution in [1.82, 2.24) is 10.6 Å². The maximum Gasteiger partial charge on any atom is 0.191 e. The van der Waals surface area contributed by atoms with Crippen LogP contribution in [0.3, 0.4) is 0 Å². The number of aliphatic hydroxyl groups excluding tert-OH is 1. The molecule has 0 aliphatic heterocycles. The van der Waals surface area contributed by atoms with E-state index in [0.717, 1.165) is 30.2 Å². The number of hydrogen-bond donors (Lipinski definition) is 3. The number of nitrogens with zero attached hydrogens (tertiary/aromatic N) is 1. The molecule has 5 heteroatoms. The number of hydrogen-bond acceptors (Lipinski definition) is 3. The first-order chi connectivity index (χ1) is 10.3. The predicted octanol–water partition coefficient (Wildman–Crippen LogP) is 2.50. The first kappa shape index (κ1) is 15.5. The van der Waals surface area contributed by atoms with Crippen LogP contribution in [0, 0.1) is 0 Å². The number of aliphatic imine (C=N–C) groups is 1. The molecule has 0 saturated heterocycles. The second-order valence-corrected chi connectivity index (χ2v) is 5.59. The summed E-state index contributed by atoms with van der Waals surface area (Å²) in [4.78, 5) is 5.85. The van der Waals surface area contributed by atoms with E-state index in [-0.39, 0.29) is 6.61 Å². The van der Waals surface area contributed by atoms with Crippen molar-refractivity contribution in [2.75, 3.05) is 6.54 Å². The Morgan fingerprint density at radius 3 is 2.62 bits per heavy atom. The maximum absolute atomic E-state index is 9.34. The van der Waals surface area contributed by atoms with Gasteiger partial charge in [0.1, 0.15) is 0 Å². The fourth-order valence-corrected chi connectivity index (χ4v) is 2.60. The fraction of sp³-hybridized carbons (Fsp3) is 0.312. The molecule has 2 aromatic rings. The van der Waals surface area contributed by atoms with Crippen molar-refractivity contribution in [3.8, 4) is 0 Å². The Morgan fingerprint density at radius 1 is 1.14 bits per heavy atom. The van der Waals surface area contributed by atoms with Gasteiger partial charge in [0.05, 0.1) is 19.7 Å². The van der Waals surface area contributed by atoms with E-state index in [2.05, 4.69) is 27.1 Å². The zero-order chi connectivity index (χ0) is 14.9. The summed E-state index contributed by atoms with van der Waals surface area (Å²) in [5.74, 6) is 0.790. The molecule has 1 aromatic carbocycles. The summed E-state index contributed by atoms with van der Waals surface area (Å²) in [6.45, 7) is 4.23. The highest BCUT2D eigenvalue weighted by Gasteiger charge is 2.02. The van der Waals surface area contributed by atoms with E-state index in [0.29, 0.717) is 6.54 Å². The molecule has 0 unspecified atom stereocenters. The van der Waals surface area contributed by atoms with Gasteiger partial charge in [-0.3, -0.25) is 0 Å². The Kier molecular flexibility index (Phi) is 6.24. The summed E-state index contributed by atoms with van der Waals surface area (Å²) in [5.41, 5.74) is 1.98. The van der Waals surface area contributed by atoms with Gasteiger partial charge in [-0.2, -0.15) is 0 Å². The van der Waals surface area contributed by atoms with Gasteiger partial charge in [-0.1, -0.05) is 30.3 Å². The van der Waals surface area contributed by atoms with Crippen molar-refractivity contribution in [3.63, 3.8) is 0 Å². The lowest BCUT2D eigenvalue weighted by Gasteiger charge is -2.11. The third-order valence-electron chi connectivity index (χ3n) is 3.05. The van der Waals surface area contributed by atoms with Crippen LogP contribution in [0.2, 0.25) is 0 Å². The lowest BCUT2D eigenvalue weighted by atomic mass is 10.1. The van der Waals surface area contributed by atoms with E-state index >= 15 is 0 Å². The number of guanidine groups is 1. The van der Waals surface area contributed by atoms with Crippen LogP contribution in [0.25, 0.3) is 0 Å². The third-order valence-corrected chi connectivity index (χ3v) is 3.93. The van der Waals surface area contributed by atoms with Crippen LogP contribution in [0.4, 0.5) is 0 Å². The molecule has 1 heterocycles. The highest BCUT2D eigenvalue weighted by Crippen LogP contribution is 2.10. The van der Waals surface area contributed by atoms with Gasteiger partial charge in [-0.05, 0) is 29.5 Å². The summed E-state index contributed by atoms with van der Waals surface area (Å²) < 4.78 is 0. The van der Waals surface area contributed by atoms with Crippen LogP contribution in [-0.4, -0.2) is 17.6 Å². The second-order valence-electron chi connectivity index (χ2n) is 4.55. The number of thiophene rings is 1. The topological polar surface area (TPSA) is 56.7 Å². The Labute approximate surface area is 129 Å². The van der Waals surface area contributed by atoms with Crippen molar-refractivity contribution in [2.45, 2.75) is 26.6 Å². The normalized spacial score (nSPS) is 11.4. The van der Waals surface area contributed by atoms with Gasteiger partial charge in [0, 0.05) is 11.4 Å². The van der Waals surface area contributed by atoms with E-state index in [9.17, 15) is 5.11 Å². The zero-order valence-corrected chi connectivity index (χ0v) is 13.0. The molecule has 0 aliphatic carbocycles. The average molecular weight is 303 g/mol. The van der Waals surface area contributed by atoms with E-state index in [1.165, 1.54) is 4.88 Å². The molecule has 0 atom stereocenters. The van der Waals surface area contributed by atoms with Gasteiger partial charge < -0.3 is 15.7 Å². The van der Waals surface area contributed by atoms with Gasteiger partial charge in [0.15, 0.2) is 5.96 Å². The minimum atomic E-state index is 0.0465. The average Bonchev–Trinajstić information content (AvgIpc) is 3.03. The van der Waals surface area contributed by atoms with Gasteiger partial charge in [0.25, 0.3) is 0 Å². The first-order valence-electron chi connectivity index (χ1n) is 7.05. The minimum absolute atomic E-state index is 0.0465. The predicted molar refractivity (Wildman–Crippen MR) is 88.3 cm³/mol. The standard InChI is InChI=1S/C16H21N3OS/c1-2-17-16(19-11-15-8-5-9-21-15)18-10-13-6-3-4-7-14(13)12-20/h3-9,20H,2,10-12H2,1H3,(H2,17,18,19). The van der Waals surface area contributed by atoms with Crippen molar-refractivity contribution in [1.29, 1.82) is 0 Å². The molecular formula is C16H21N3OS. The highest BCUT2D eigenvalue weighted by molar-refractivity contribution is 7.09.